The van der Waals surface area contributed by atoms with Crippen molar-refractivity contribution >= 4 is 23.9 Å². The Morgan fingerprint density at radius 1 is 1.21 bits per heavy atom. The van der Waals surface area contributed by atoms with E-state index in [0.717, 1.165) is 11.1 Å². The van der Waals surface area contributed by atoms with Crippen LogP contribution in [-0.4, -0.2) is 17.0 Å². The molecule has 6 heteroatoms. The van der Waals surface area contributed by atoms with Crippen molar-refractivity contribution in [1.29, 1.82) is 0 Å². The predicted molar refractivity (Wildman–Crippen MR) is 93.9 cm³/mol. The molecular weight excluding hydrogens is 306 g/mol. The number of hydrogen-bond acceptors (Lipinski definition) is 4. The summed E-state index contributed by atoms with van der Waals surface area (Å²) in [4.78, 5) is 22.4. The number of aryl methyl sites for hydroxylation is 1. The van der Waals surface area contributed by atoms with Crippen LogP contribution in [0.3, 0.4) is 0 Å². The van der Waals surface area contributed by atoms with Gasteiger partial charge in [0.05, 0.1) is 11.1 Å². The summed E-state index contributed by atoms with van der Waals surface area (Å²) in [5.41, 5.74) is 4.86. The molecule has 2 aromatic rings. The second-order valence-electron chi connectivity index (χ2n) is 5.26. The molecule has 0 saturated carbocycles. The highest BCUT2D eigenvalue weighted by Crippen LogP contribution is 2.19. The Hall–Kier alpha value is -3.28. The standard InChI is InChI=1S/C18H17N3O3/c1-13(10-15-6-4-3-5-7-15)12-19-20-18(22)16-9-8-14(2)17(11-16)21(23)24/h3-12H,1-2H3,(H,20,22)/b13-10+,19-12+. The molecule has 2 rings (SSSR count). The lowest BCUT2D eigenvalue weighted by molar-refractivity contribution is -0.385. The number of carbonyl (C=O) groups excluding carboxylic acids is 1. The summed E-state index contributed by atoms with van der Waals surface area (Å²) in [5.74, 6) is -0.498. The van der Waals surface area contributed by atoms with Crippen LogP contribution in [0.25, 0.3) is 6.08 Å². The zero-order valence-electron chi connectivity index (χ0n) is 13.4. The molecule has 0 radical (unpaired) electrons. The van der Waals surface area contributed by atoms with Crippen molar-refractivity contribution in [2.45, 2.75) is 13.8 Å². The molecular formula is C18H17N3O3. The molecule has 1 N–H and O–H groups in total. The quantitative estimate of drug-likeness (QED) is 0.517. The van der Waals surface area contributed by atoms with Crippen LogP contribution in [0.15, 0.2) is 59.2 Å². The van der Waals surface area contributed by atoms with E-state index in [0.29, 0.717) is 5.56 Å². The highest BCUT2D eigenvalue weighted by Gasteiger charge is 2.14. The number of nitro benzene ring substituents is 1. The first-order valence-corrected chi connectivity index (χ1v) is 7.29. The van der Waals surface area contributed by atoms with Gasteiger partial charge in [0.1, 0.15) is 0 Å². The van der Waals surface area contributed by atoms with Crippen LogP contribution in [0, 0.1) is 17.0 Å². The Morgan fingerprint density at radius 3 is 2.58 bits per heavy atom. The maximum atomic E-state index is 12.0. The van der Waals surface area contributed by atoms with Gasteiger partial charge in [-0.3, -0.25) is 14.9 Å². The van der Waals surface area contributed by atoms with Gasteiger partial charge in [-0.25, -0.2) is 5.43 Å². The number of carbonyl (C=O) groups is 1. The molecule has 0 atom stereocenters. The van der Waals surface area contributed by atoms with Crippen molar-refractivity contribution in [2.75, 3.05) is 0 Å². The van der Waals surface area contributed by atoms with E-state index in [1.54, 1.807) is 6.92 Å². The molecule has 0 spiro atoms. The molecule has 0 aliphatic rings. The fraction of sp³-hybridized carbons (Fsp3) is 0.111. The molecule has 2 aromatic carbocycles. The van der Waals surface area contributed by atoms with E-state index in [-0.39, 0.29) is 11.3 Å². The van der Waals surface area contributed by atoms with E-state index in [1.165, 1.54) is 24.4 Å². The number of hydrazone groups is 1. The second kappa shape index (κ2) is 7.82. The van der Waals surface area contributed by atoms with Crippen LogP contribution < -0.4 is 5.43 Å². The molecule has 0 aromatic heterocycles. The average Bonchev–Trinajstić information content (AvgIpc) is 2.55. The van der Waals surface area contributed by atoms with E-state index in [2.05, 4.69) is 10.5 Å². The van der Waals surface area contributed by atoms with Gasteiger partial charge in [-0.2, -0.15) is 5.10 Å². The highest BCUT2D eigenvalue weighted by molar-refractivity contribution is 5.95. The monoisotopic (exact) mass is 323 g/mol. The number of rotatable bonds is 5. The summed E-state index contributed by atoms with van der Waals surface area (Å²) in [5, 5.41) is 14.8. The molecule has 0 heterocycles. The van der Waals surface area contributed by atoms with Gasteiger partial charge >= 0.3 is 0 Å². The Morgan fingerprint density at radius 2 is 1.92 bits per heavy atom. The minimum atomic E-state index is -0.512. The smallest absolute Gasteiger partial charge is 0.267 e. The first kappa shape index (κ1) is 17.1. The van der Waals surface area contributed by atoms with Crippen molar-refractivity contribution in [3.8, 4) is 0 Å². The van der Waals surface area contributed by atoms with Crippen LogP contribution in [-0.2, 0) is 0 Å². The topological polar surface area (TPSA) is 84.6 Å². The van der Waals surface area contributed by atoms with Gasteiger partial charge in [0.15, 0.2) is 0 Å². The Bertz CT molecular complexity index is 812. The lowest BCUT2D eigenvalue weighted by Crippen LogP contribution is -2.17. The summed E-state index contributed by atoms with van der Waals surface area (Å²) in [6, 6.07) is 14.0. The first-order chi connectivity index (χ1) is 11.5. The van der Waals surface area contributed by atoms with Gasteiger partial charge in [-0.05, 0) is 31.1 Å². The lowest BCUT2D eigenvalue weighted by Gasteiger charge is -2.02. The molecule has 0 unspecified atom stereocenters. The second-order valence-corrected chi connectivity index (χ2v) is 5.26. The predicted octanol–water partition coefficient (Wildman–Crippen LogP) is 3.72. The summed E-state index contributed by atoms with van der Waals surface area (Å²) in [7, 11) is 0. The van der Waals surface area contributed by atoms with E-state index in [4.69, 9.17) is 0 Å². The van der Waals surface area contributed by atoms with E-state index >= 15 is 0 Å². The minimum Gasteiger partial charge on any atom is -0.267 e. The van der Waals surface area contributed by atoms with Gasteiger partial charge in [0.2, 0.25) is 0 Å². The Kier molecular flexibility index (Phi) is 5.57. The molecule has 0 fully saturated rings. The van der Waals surface area contributed by atoms with Gasteiger partial charge in [0.25, 0.3) is 11.6 Å². The van der Waals surface area contributed by atoms with Crippen LogP contribution in [0.5, 0.6) is 0 Å². The number of amides is 1. The van der Waals surface area contributed by atoms with Gasteiger partial charge in [-0.15, -0.1) is 0 Å². The largest absolute Gasteiger partial charge is 0.273 e. The third-order valence-electron chi connectivity index (χ3n) is 3.30. The number of nitro groups is 1. The summed E-state index contributed by atoms with van der Waals surface area (Å²) in [6.07, 6.45) is 3.44. The molecule has 0 saturated heterocycles. The van der Waals surface area contributed by atoms with Crippen molar-refractivity contribution in [3.05, 3.63) is 80.9 Å². The molecule has 1 amide bonds. The minimum absolute atomic E-state index is 0.0909. The van der Waals surface area contributed by atoms with Gasteiger partial charge in [-0.1, -0.05) is 42.5 Å². The zero-order valence-corrected chi connectivity index (χ0v) is 13.4. The summed E-state index contributed by atoms with van der Waals surface area (Å²) in [6.45, 7) is 3.48. The fourth-order valence-electron chi connectivity index (χ4n) is 2.05. The van der Waals surface area contributed by atoms with Crippen LogP contribution >= 0.6 is 0 Å². The van der Waals surface area contributed by atoms with Crippen molar-refractivity contribution in [2.24, 2.45) is 5.10 Å². The van der Waals surface area contributed by atoms with Crippen LogP contribution in [0.2, 0.25) is 0 Å². The van der Waals surface area contributed by atoms with Crippen molar-refractivity contribution in [3.63, 3.8) is 0 Å². The fourth-order valence-corrected chi connectivity index (χ4v) is 2.05. The number of allylic oxidation sites excluding steroid dienone is 1. The third-order valence-corrected chi connectivity index (χ3v) is 3.30. The Balaban J connectivity index is 2.04. The highest BCUT2D eigenvalue weighted by atomic mass is 16.6. The molecule has 0 bridgehead atoms. The normalized spacial score (nSPS) is 11.5. The van der Waals surface area contributed by atoms with Crippen LogP contribution in [0.1, 0.15) is 28.4 Å². The van der Waals surface area contributed by atoms with Gasteiger partial charge < -0.3 is 0 Å². The molecule has 24 heavy (non-hydrogen) atoms. The number of nitrogens with zero attached hydrogens (tertiary/aromatic N) is 2. The van der Waals surface area contributed by atoms with Crippen molar-refractivity contribution in [1.82, 2.24) is 5.43 Å². The molecule has 0 aliphatic carbocycles. The third kappa shape index (κ3) is 4.61. The molecule has 0 aliphatic heterocycles. The SMILES string of the molecule is CC(/C=N/NC(=O)c1ccc(C)c([N+](=O)[O-])c1)=C\c1ccccc1. The van der Waals surface area contributed by atoms with E-state index < -0.39 is 10.8 Å². The summed E-state index contributed by atoms with van der Waals surface area (Å²) < 4.78 is 0. The number of nitrogens with one attached hydrogen (secondary N) is 1. The maximum Gasteiger partial charge on any atom is 0.273 e. The zero-order chi connectivity index (χ0) is 17.5. The first-order valence-electron chi connectivity index (χ1n) is 7.29. The lowest BCUT2D eigenvalue weighted by atomic mass is 10.1. The number of hydrogen-bond donors (Lipinski definition) is 1. The van der Waals surface area contributed by atoms with Crippen molar-refractivity contribution < 1.29 is 9.72 Å². The van der Waals surface area contributed by atoms with E-state index in [1.807, 2.05) is 43.3 Å². The summed E-state index contributed by atoms with van der Waals surface area (Å²) >= 11 is 0. The Labute approximate surface area is 139 Å². The van der Waals surface area contributed by atoms with E-state index in [9.17, 15) is 14.9 Å². The maximum absolute atomic E-state index is 12.0. The number of benzene rings is 2. The van der Waals surface area contributed by atoms with Crippen LogP contribution in [0.4, 0.5) is 5.69 Å². The molecule has 6 nitrogen and oxygen atoms in total. The van der Waals surface area contributed by atoms with Gasteiger partial charge in [0, 0.05) is 17.2 Å². The molecule has 122 valence electrons. The average molecular weight is 323 g/mol.